The Morgan fingerprint density at radius 2 is 1.84 bits per heavy atom. The number of hydrogen-bond donors (Lipinski definition) is 1. The van der Waals surface area contributed by atoms with E-state index < -0.39 is 11.7 Å². The summed E-state index contributed by atoms with van der Waals surface area (Å²) in [6.45, 7) is 3.92. The van der Waals surface area contributed by atoms with E-state index in [0.717, 1.165) is 23.3 Å². The lowest BCUT2D eigenvalue weighted by Gasteiger charge is -2.17. The minimum absolute atomic E-state index is 0.203. The molecule has 0 amide bonds. The number of nitrogens with two attached hydrogens (primary N) is 1. The van der Waals surface area contributed by atoms with Gasteiger partial charge in [0.05, 0.1) is 5.56 Å². The van der Waals surface area contributed by atoms with Gasteiger partial charge in [-0.2, -0.15) is 24.9 Å². The zero-order chi connectivity index (χ0) is 14.5. The van der Waals surface area contributed by atoms with Gasteiger partial charge in [-0.15, -0.1) is 11.8 Å². The fourth-order valence-corrected chi connectivity index (χ4v) is 3.41. The fraction of sp³-hybridized carbons (Fsp3) is 0.538. The van der Waals surface area contributed by atoms with Crippen LogP contribution in [0, 0.1) is 0 Å². The summed E-state index contributed by atoms with van der Waals surface area (Å²) in [5, 5.41) is 0. The van der Waals surface area contributed by atoms with E-state index in [1.807, 2.05) is 13.8 Å². The van der Waals surface area contributed by atoms with Crippen molar-refractivity contribution in [1.82, 2.24) is 0 Å². The van der Waals surface area contributed by atoms with Crippen molar-refractivity contribution in [2.24, 2.45) is 5.73 Å². The van der Waals surface area contributed by atoms with Gasteiger partial charge in [-0.3, -0.25) is 0 Å². The average molecular weight is 309 g/mol. The van der Waals surface area contributed by atoms with Crippen molar-refractivity contribution in [3.05, 3.63) is 29.8 Å². The van der Waals surface area contributed by atoms with Crippen LogP contribution in [-0.2, 0) is 6.18 Å². The van der Waals surface area contributed by atoms with Gasteiger partial charge in [0.25, 0.3) is 0 Å². The van der Waals surface area contributed by atoms with E-state index in [4.69, 9.17) is 5.73 Å². The maximum Gasteiger partial charge on any atom is 0.416 e. The molecule has 1 nitrogen and oxygen atoms in total. The van der Waals surface area contributed by atoms with Gasteiger partial charge >= 0.3 is 6.18 Å². The summed E-state index contributed by atoms with van der Waals surface area (Å²) in [5.74, 6) is 2.50. The number of benzene rings is 1. The number of hydrogen-bond acceptors (Lipinski definition) is 3. The third-order valence-corrected chi connectivity index (χ3v) is 4.83. The van der Waals surface area contributed by atoms with Crippen molar-refractivity contribution >= 4 is 23.5 Å². The Hall–Kier alpha value is -0.330. The summed E-state index contributed by atoms with van der Waals surface area (Å²) in [4.78, 5) is 0.655. The first kappa shape index (κ1) is 16.7. The van der Waals surface area contributed by atoms with Crippen molar-refractivity contribution in [3.63, 3.8) is 0 Å². The summed E-state index contributed by atoms with van der Waals surface area (Å²) in [5.41, 5.74) is 5.05. The van der Waals surface area contributed by atoms with E-state index in [2.05, 4.69) is 0 Å². The van der Waals surface area contributed by atoms with Crippen LogP contribution in [0.15, 0.2) is 29.2 Å². The number of alkyl halides is 3. The summed E-state index contributed by atoms with van der Waals surface area (Å²) in [6.07, 6.45) is -4.27. The number of rotatable bonds is 6. The van der Waals surface area contributed by atoms with Crippen LogP contribution >= 0.6 is 23.5 Å². The third kappa shape index (κ3) is 7.13. The predicted molar refractivity (Wildman–Crippen MR) is 77.8 cm³/mol. The van der Waals surface area contributed by atoms with E-state index in [1.165, 1.54) is 23.9 Å². The summed E-state index contributed by atoms with van der Waals surface area (Å²) in [7, 11) is 0. The number of halogens is 3. The maximum absolute atomic E-state index is 12.5. The first-order valence-corrected chi connectivity index (χ1v) is 7.99. The molecule has 0 heterocycles. The predicted octanol–water partition coefficient (Wildman–Crippen LogP) is 4.27. The minimum Gasteiger partial charge on any atom is -0.325 e. The zero-order valence-corrected chi connectivity index (χ0v) is 12.6. The van der Waals surface area contributed by atoms with E-state index in [9.17, 15) is 13.2 Å². The van der Waals surface area contributed by atoms with Gasteiger partial charge in [0, 0.05) is 27.7 Å². The van der Waals surface area contributed by atoms with Crippen LogP contribution in [0.25, 0.3) is 0 Å². The van der Waals surface area contributed by atoms with Gasteiger partial charge in [0.1, 0.15) is 0 Å². The Morgan fingerprint density at radius 1 is 1.16 bits per heavy atom. The highest BCUT2D eigenvalue weighted by atomic mass is 32.2. The minimum atomic E-state index is -4.27. The van der Waals surface area contributed by atoms with Crippen LogP contribution in [-0.4, -0.2) is 22.8 Å². The van der Waals surface area contributed by atoms with Gasteiger partial charge in [-0.05, 0) is 32.0 Å². The monoisotopic (exact) mass is 309 g/mol. The van der Waals surface area contributed by atoms with E-state index in [1.54, 1.807) is 17.8 Å². The molecule has 0 fully saturated rings. The molecule has 19 heavy (non-hydrogen) atoms. The van der Waals surface area contributed by atoms with Crippen molar-refractivity contribution in [3.8, 4) is 0 Å². The van der Waals surface area contributed by atoms with Gasteiger partial charge < -0.3 is 5.73 Å². The lowest BCUT2D eigenvalue weighted by Crippen LogP contribution is -2.34. The Kier molecular flexibility index (Phi) is 6.08. The highest BCUT2D eigenvalue weighted by molar-refractivity contribution is 8.03. The van der Waals surface area contributed by atoms with Crippen molar-refractivity contribution < 1.29 is 13.2 Å². The first-order chi connectivity index (χ1) is 8.68. The molecule has 1 aromatic rings. The SMILES string of the molecule is CC(C)(N)CSCCSc1cccc(C(F)(F)F)c1. The van der Waals surface area contributed by atoms with Crippen molar-refractivity contribution in [1.29, 1.82) is 0 Å². The van der Waals surface area contributed by atoms with Gasteiger partial charge in [0.15, 0.2) is 0 Å². The lowest BCUT2D eigenvalue weighted by molar-refractivity contribution is -0.137. The first-order valence-electron chi connectivity index (χ1n) is 5.85. The highest BCUT2D eigenvalue weighted by Gasteiger charge is 2.30. The Bertz CT molecular complexity index is 400. The van der Waals surface area contributed by atoms with Crippen LogP contribution in [0.5, 0.6) is 0 Å². The van der Waals surface area contributed by atoms with Gasteiger partial charge in [-0.25, -0.2) is 0 Å². The zero-order valence-electron chi connectivity index (χ0n) is 11.0. The number of thioether (sulfide) groups is 2. The van der Waals surface area contributed by atoms with Crippen molar-refractivity contribution in [2.75, 3.05) is 17.3 Å². The molecule has 0 spiro atoms. The van der Waals surface area contributed by atoms with E-state index in [-0.39, 0.29) is 5.54 Å². The van der Waals surface area contributed by atoms with Crippen LogP contribution in [0.4, 0.5) is 13.2 Å². The van der Waals surface area contributed by atoms with Crippen LogP contribution < -0.4 is 5.73 Å². The van der Waals surface area contributed by atoms with E-state index in [0.29, 0.717) is 4.90 Å². The maximum atomic E-state index is 12.5. The Labute approximate surface area is 120 Å². The molecule has 0 aliphatic rings. The second kappa shape index (κ2) is 6.90. The molecule has 6 heteroatoms. The molecule has 0 saturated carbocycles. The standard InChI is InChI=1S/C13H18F3NS2/c1-12(2,17)9-18-6-7-19-11-5-3-4-10(8-11)13(14,15)16/h3-5,8H,6-7,9,17H2,1-2H3. The van der Waals surface area contributed by atoms with Crippen LogP contribution in [0.3, 0.4) is 0 Å². The molecule has 0 atom stereocenters. The molecule has 108 valence electrons. The molecule has 0 radical (unpaired) electrons. The largest absolute Gasteiger partial charge is 0.416 e. The fourth-order valence-electron chi connectivity index (χ4n) is 1.32. The highest BCUT2D eigenvalue weighted by Crippen LogP contribution is 2.32. The molecule has 0 saturated heterocycles. The smallest absolute Gasteiger partial charge is 0.325 e. The molecule has 1 aromatic carbocycles. The molecule has 0 unspecified atom stereocenters. The molecule has 1 rings (SSSR count). The molecule has 0 aliphatic heterocycles. The summed E-state index contributed by atoms with van der Waals surface area (Å²) < 4.78 is 37.5. The average Bonchev–Trinajstić information content (AvgIpc) is 2.26. The molecule has 0 bridgehead atoms. The summed E-state index contributed by atoms with van der Waals surface area (Å²) >= 11 is 3.16. The Morgan fingerprint density at radius 3 is 2.42 bits per heavy atom. The van der Waals surface area contributed by atoms with Crippen molar-refractivity contribution in [2.45, 2.75) is 30.5 Å². The lowest BCUT2D eigenvalue weighted by atomic mass is 10.1. The van der Waals surface area contributed by atoms with Crippen LogP contribution in [0.1, 0.15) is 19.4 Å². The third-order valence-electron chi connectivity index (χ3n) is 2.13. The molecule has 2 N–H and O–H groups in total. The molecule has 0 aliphatic carbocycles. The molecular weight excluding hydrogens is 291 g/mol. The second-order valence-electron chi connectivity index (χ2n) is 4.92. The molecule has 0 aromatic heterocycles. The van der Waals surface area contributed by atoms with Gasteiger partial charge in [0.2, 0.25) is 0 Å². The topological polar surface area (TPSA) is 26.0 Å². The Balaban J connectivity index is 2.38. The summed E-state index contributed by atoms with van der Waals surface area (Å²) in [6, 6.07) is 5.44. The normalized spacial score (nSPS) is 12.7. The van der Waals surface area contributed by atoms with Gasteiger partial charge in [-0.1, -0.05) is 6.07 Å². The van der Waals surface area contributed by atoms with Crippen LogP contribution in [0.2, 0.25) is 0 Å². The van der Waals surface area contributed by atoms with E-state index >= 15 is 0 Å². The quantitative estimate of drug-likeness (QED) is 0.628. The molecular formula is C13H18F3NS2. The second-order valence-corrected chi connectivity index (χ2v) is 7.19.